The molecule has 1 aromatic carbocycles. The standard InChI is InChI=1S/C15H20N4/c16-11-6-7-12-13(9-11)18-15(17-12)19-8-2-4-10-3-1-5-14(10)19/h6-7,9-10,14H,1-5,8,16H2,(H,17,18). The topological polar surface area (TPSA) is 57.9 Å². The molecule has 1 saturated heterocycles. The minimum Gasteiger partial charge on any atom is -0.399 e. The second kappa shape index (κ2) is 4.15. The maximum Gasteiger partial charge on any atom is 0.204 e. The van der Waals surface area contributed by atoms with Gasteiger partial charge in [-0.3, -0.25) is 0 Å². The number of hydrogen-bond donors (Lipinski definition) is 2. The van der Waals surface area contributed by atoms with E-state index in [0.717, 1.165) is 35.1 Å². The summed E-state index contributed by atoms with van der Waals surface area (Å²) in [6, 6.07) is 6.59. The fourth-order valence-corrected chi connectivity index (χ4v) is 3.87. The highest BCUT2D eigenvalue weighted by molar-refractivity contribution is 5.81. The summed E-state index contributed by atoms with van der Waals surface area (Å²) >= 11 is 0. The van der Waals surface area contributed by atoms with Crippen LogP contribution >= 0.6 is 0 Å². The summed E-state index contributed by atoms with van der Waals surface area (Å²) < 4.78 is 0. The van der Waals surface area contributed by atoms with Gasteiger partial charge >= 0.3 is 0 Å². The number of aromatic nitrogens is 2. The quantitative estimate of drug-likeness (QED) is 0.771. The molecule has 2 aliphatic rings. The van der Waals surface area contributed by atoms with Gasteiger partial charge in [0, 0.05) is 18.3 Å². The molecular weight excluding hydrogens is 236 g/mol. The zero-order chi connectivity index (χ0) is 12.8. The zero-order valence-corrected chi connectivity index (χ0v) is 11.1. The number of nitrogens with two attached hydrogens (primary N) is 1. The number of fused-ring (bicyclic) bond motifs is 2. The number of hydrogen-bond acceptors (Lipinski definition) is 3. The predicted octanol–water partition coefficient (Wildman–Crippen LogP) is 2.91. The van der Waals surface area contributed by atoms with E-state index in [9.17, 15) is 0 Å². The Labute approximate surface area is 113 Å². The van der Waals surface area contributed by atoms with E-state index in [-0.39, 0.29) is 0 Å². The minimum absolute atomic E-state index is 0.701. The van der Waals surface area contributed by atoms with Crippen molar-refractivity contribution in [3.8, 4) is 0 Å². The first-order chi connectivity index (χ1) is 9.31. The highest BCUT2D eigenvalue weighted by Gasteiger charge is 2.36. The molecule has 2 heterocycles. The average molecular weight is 256 g/mol. The van der Waals surface area contributed by atoms with Crippen molar-refractivity contribution in [3.63, 3.8) is 0 Å². The Bertz CT molecular complexity index is 603. The number of H-pyrrole nitrogens is 1. The smallest absolute Gasteiger partial charge is 0.204 e. The molecule has 1 saturated carbocycles. The van der Waals surface area contributed by atoms with E-state index >= 15 is 0 Å². The number of benzene rings is 1. The van der Waals surface area contributed by atoms with Gasteiger partial charge in [-0.1, -0.05) is 6.42 Å². The van der Waals surface area contributed by atoms with Gasteiger partial charge < -0.3 is 15.6 Å². The monoisotopic (exact) mass is 256 g/mol. The Hall–Kier alpha value is -1.71. The van der Waals surface area contributed by atoms with Crippen molar-refractivity contribution in [3.05, 3.63) is 18.2 Å². The van der Waals surface area contributed by atoms with E-state index in [0.29, 0.717) is 6.04 Å². The molecule has 1 aliphatic heterocycles. The summed E-state index contributed by atoms with van der Waals surface area (Å²) in [6.45, 7) is 1.14. The highest BCUT2D eigenvalue weighted by Crippen LogP contribution is 2.38. The molecule has 4 rings (SSSR count). The van der Waals surface area contributed by atoms with Gasteiger partial charge in [0.2, 0.25) is 5.95 Å². The minimum atomic E-state index is 0.701. The maximum absolute atomic E-state index is 5.84. The van der Waals surface area contributed by atoms with Crippen LogP contribution in [-0.4, -0.2) is 22.6 Å². The molecule has 2 fully saturated rings. The van der Waals surface area contributed by atoms with E-state index in [1.807, 2.05) is 18.2 Å². The second-order valence-electron chi connectivity index (χ2n) is 5.93. The molecule has 19 heavy (non-hydrogen) atoms. The van der Waals surface area contributed by atoms with Gasteiger partial charge in [0.1, 0.15) is 0 Å². The van der Waals surface area contributed by atoms with Gasteiger partial charge in [-0.25, -0.2) is 4.98 Å². The van der Waals surface area contributed by atoms with Crippen LogP contribution in [0.3, 0.4) is 0 Å². The number of nitrogens with zero attached hydrogens (tertiary/aromatic N) is 2. The molecule has 4 nitrogen and oxygen atoms in total. The Morgan fingerprint density at radius 2 is 2.11 bits per heavy atom. The van der Waals surface area contributed by atoms with Crippen LogP contribution in [0.15, 0.2) is 18.2 Å². The third-order valence-corrected chi connectivity index (χ3v) is 4.76. The van der Waals surface area contributed by atoms with Crippen LogP contribution < -0.4 is 10.6 Å². The largest absolute Gasteiger partial charge is 0.399 e. The Balaban J connectivity index is 1.72. The summed E-state index contributed by atoms with van der Waals surface area (Å²) in [7, 11) is 0. The molecule has 3 N–H and O–H groups in total. The number of nitrogen functional groups attached to an aromatic ring is 1. The van der Waals surface area contributed by atoms with E-state index in [1.54, 1.807) is 0 Å². The van der Waals surface area contributed by atoms with Gasteiger partial charge in [-0.05, 0) is 49.8 Å². The number of imidazole rings is 1. The predicted molar refractivity (Wildman–Crippen MR) is 78.2 cm³/mol. The normalized spacial score (nSPS) is 26.8. The summed E-state index contributed by atoms with van der Waals surface area (Å²) in [5, 5.41) is 0. The summed E-state index contributed by atoms with van der Waals surface area (Å²) in [4.78, 5) is 10.7. The van der Waals surface area contributed by atoms with Crippen molar-refractivity contribution in [2.24, 2.45) is 5.92 Å². The molecule has 0 radical (unpaired) electrons. The van der Waals surface area contributed by atoms with Gasteiger partial charge in [0.15, 0.2) is 0 Å². The third kappa shape index (κ3) is 1.78. The average Bonchev–Trinajstić information content (AvgIpc) is 3.03. The molecule has 2 atom stereocenters. The molecule has 1 aliphatic carbocycles. The van der Waals surface area contributed by atoms with Crippen LogP contribution in [-0.2, 0) is 0 Å². The zero-order valence-electron chi connectivity index (χ0n) is 11.1. The molecule has 0 amide bonds. The first-order valence-corrected chi connectivity index (χ1v) is 7.33. The number of anilines is 2. The number of aromatic amines is 1. The van der Waals surface area contributed by atoms with Crippen molar-refractivity contribution >= 4 is 22.7 Å². The molecular formula is C15H20N4. The van der Waals surface area contributed by atoms with Gasteiger partial charge in [-0.2, -0.15) is 0 Å². The lowest BCUT2D eigenvalue weighted by Crippen LogP contribution is -2.43. The molecule has 4 heteroatoms. The number of nitrogens with one attached hydrogen (secondary N) is 1. The Kier molecular flexibility index (Phi) is 2.43. The summed E-state index contributed by atoms with van der Waals surface area (Å²) in [6.07, 6.45) is 6.78. The van der Waals surface area contributed by atoms with Crippen LogP contribution in [0.4, 0.5) is 11.6 Å². The van der Waals surface area contributed by atoms with E-state index in [2.05, 4.69) is 9.88 Å². The summed E-state index contributed by atoms with van der Waals surface area (Å²) in [5.74, 6) is 1.92. The fraction of sp³-hybridized carbons (Fsp3) is 0.533. The van der Waals surface area contributed by atoms with Crippen LogP contribution in [0.1, 0.15) is 32.1 Å². The lowest BCUT2D eigenvalue weighted by molar-refractivity contribution is 0.359. The van der Waals surface area contributed by atoms with Gasteiger partial charge in [0.05, 0.1) is 11.0 Å². The Morgan fingerprint density at radius 3 is 3.05 bits per heavy atom. The van der Waals surface area contributed by atoms with Crippen molar-refractivity contribution < 1.29 is 0 Å². The molecule has 2 aromatic rings. The number of rotatable bonds is 1. The Morgan fingerprint density at radius 1 is 1.21 bits per heavy atom. The SMILES string of the molecule is Nc1ccc2nc(N3CCCC4CCCC43)[nH]c2c1. The van der Waals surface area contributed by atoms with Gasteiger partial charge in [-0.15, -0.1) is 0 Å². The first-order valence-electron chi connectivity index (χ1n) is 7.33. The van der Waals surface area contributed by atoms with E-state index in [1.165, 1.54) is 32.1 Å². The van der Waals surface area contributed by atoms with Crippen LogP contribution in [0.5, 0.6) is 0 Å². The van der Waals surface area contributed by atoms with Crippen LogP contribution in [0, 0.1) is 5.92 Å². The highest BCUT2D eigenvalue weighted by atomic mass is 15.3. The lowest BCUT2D eigenvalue weighted by Gasteiger charge is -2.37. The fourth-order valence-electron chi connectivity index (χ4n) is 3.87. The van der Waals surface area contributed by atoms with Crippen molar-refractivity contribution in [1.82, 2.24) is 9.97 Å². The second-order valence-corrected chi connectivity index (χ2v) is 5.93. The molecule has 0 spiro atoms. The van der Waals surface area contributed by atoms with Crippen molar-refractivity contribution in [1.29, 1.82) is 0 Å². The lowest BCUT2D eigenvalue weighted by atomic mass is 9.92. The molecule has 2 unspecified atom stereocenters. The molecule has 0 bridgehead atoms. The third-order valence-electron chi connectivity index (χ3n) is 4.76. The first kappa shape index (κ1) is 11.1. The van der Waals surface area contributed by atoms with E-state index in [4.69, 9.17) is 10.7 Å². The maximum atomic E-state index is 5.84. The molecule has 100 valence electrons. The number of piperidine rings is 1. The van der Waals surface area contributed by atoms with Crippen LogP contribution in [0.2, 0.25) is 0 Å². The van der Waals surface area contributed by atoms with Crippen molar-refractivity contribution in [2.45, 2.75) is 38.1 Å². The van der Waals surface area contributed by atoms with E-state index < -0.39 is 0 Å². The van der Waals surface area contributed by atoms with Crippen LogP contribution in [0.25, 0.3) is 11.0 Å². The van der Waals surface area contributed by atoms with Crippen molar-refractivity contribution in [2.75, 3.05) is 17.2 Å². The molecule has 1 aromatic heterocycles. The summed E-state index contributed by atoms with van der Waals surface area (Å²) in [5.41, 5.74) is 8.70. The van der Waals surface area contributed by atoms with Gasteiger partial charge in [0.25, 0.3) is 0 Å².